The standard InChI is InChI=1S/C18H17N5O6/c1-22-15(20)14(16(26)23(2)18(22)28)12(24)9-29-17(27)10-3-5-11(6-4-10)21-13(25)7-8-19/h3-6H,7,9,20H2,1-2H3,(H,21,25). The van der Waals surface area contributed by atoms with Gasteiger partial charge < -0.3 is 15.8 Å². The maximum absolute atomic E-state index is 12.3. The molecule has 0 fully saturated rings. The Morgan fingerprint density at radius 1 is 1.14 bits per heavy atom. The molecule has 0 spiro atoms. The molecule has 1 amide bonds. The third kappa shape index (κ3) is 4.56. The number of aromatic nitrogens is 2. The first kappa shape index (κ1) is 21.1. The first-order chi connectivity index (χ1) is 13.7. The highest BCUT2D eigenvalue weighted by Gasteiger charge is 2.21. The fraction of sp³-hybridized carbons (Fsp3) is 0.222. The first-order valence-electron chi connectivity index (χ1n) is 8.20. The number of ether oxygens (including phenoxy) is 1. The molecule has 11 nitrogen and oxygen atoms in total. The smallest absolute Gasteiger partial charge is 0.338 e. The molecule has 2 rings (SSSR count). The molecule has 1 aromatic heterocycles. The van der Waals surface area contributed by atoms with Crippen molar-refractivity contribution in [3.63, 3.8) is 0 Å². The predicted octanol–water partition coefficient (Wildman–Crippen LogP) is -0.442. The van der Waals surface area contributed by atoms with Crippen LogP contribution in [0.3, 0.4) is 0 Å². The molecule has 0 atom stereocenters. The molecule has 0 aliphatic heterocycles. The average Bonchev–Trinajstić information content (AvgIpc) is 2.70. The van der Waals surface area contributed by atoms with E-state index in [2.05, 4.69) is 5.32 Å². The highest BCUT2D eigenvalue weighted by Crippen LogP contribution is 2.11. The number of anilines is 2. The lowest BCUT2D eigenvalue weighted by Gasteiger charge is -2.11. The second-order valence-electron chi connectivity index (χ2n) is 5.93. The van der Waals surface area contributed by atoms with Gasteiger partial charge in [0, 0.05) is 19.8 Å². The Bertz CT molecular complexity index is 1140. The molecule has 0 aliphatic rings. The number of hydrogen-bond acceptors (Lipinski definition) is 8. The molecule has 0 bridgehead atoms. The quantitative estimate of drug-likeness (QED) is 0.487. The molecule has 1 heterocycles. The minimum Gasteiger partial charge on any atom is -0.454 e. The topological polar surface area (TPSA) is 166 Å². The molecule has 0 unspecified atom stereocenters. The molecule has 150 valence electrons. The van der Waals surface area contributed by atoms with Crippen molar-refractivity contribution in [1.29, 1.82) is 5.26 Å². The number of rotatable bonds is 6. The Morgan fingerprint density at radius 2 is 1.76 bits per heavy atom. The molecule has 29 heavy (non-hydrogen) atoms. The zero-order valence-corrected chi connectivity index (χ0v) is 15.6. The van der Waals surface area contributed by atoms with Gasteiger partial charge in [-0.25, -0.2) is 9.59 Å². The maximum atomic E-state index is 12.3. The number of benzene rings is 1. The second kappa shape index (κ2) is 8.66. The van der Waals surface area contributed by atoms with Crippen LogP contribution in [0.2, 0.25) is 0 Å². The van der Waals surface area contributed by atoms with E-state index in [9.17, 15) is 24.0 Å². The van der Waals surface area contributed by atoms with Crippen LogP contribution < -0.4 is 22.3 Å². The summed E-state index contributed by atoms with van der Waals surface area (Å²) in [6.07, 6.45) is -0.306. The molecule has 11 heteroatoms. The second-order valence-corrected chi connectivity index (χ2v) is 5.93. The van der Waals surface area contributed by atoms with Gasteiger partial charge in [-0.15, -0.1) is 0 Å². The lowest BCUT2D eigenvalue weighted by atomic mass is 10.2. The van der Waals surface area contributed by atoms with Gasteiger partial charge in [0.1, 0.15) is 17.8 Å². The van der Waals surface area contributed by atoms with Crippen LogP contribution in [0.15, 0.2) is 33.9 Å². The minimum atomic E-state index is -0.885. The van der Waals surface area contributed by atoms with Crippen molar-refractivity contribution in [2.75, 3.05) is 17.7 Å². The van der Waals surface area contributed by atoms with Gasteiger partial charge in [-0.05, 0) is 24.3 Å². The number of Topliss-reactive ketones (excluding diaryl/α,β-unsaturated/α-hetero) is 1. The summed E-state index contributed by atoms with van der Waals surface area (Å²) in [7, 11) is 2.50. The summed E-state index contributed by atoms with van der Waals surface area (Å²) in [5.74, 6) is -2.51. The SMILES string of the molecule is Cn1c(N)c(C(=O)COC(=O)c2ccc(NC(=O)CC#N)cc2)c(=O)n(C)c1=O. The largest absolute Gasteiger partial charge is 0.454 e. The molecule has 0 aliphatic carbocycles. The Kier molecular flexibility index (Phi) is 6.30. The van der Waals surface area contributed by atoms with E-state index in [1.165, 1.54) is 38.4 Å². The normalized spacial score (nSPS) is 10.1. The van der Waals surface area contributed by atoms with Gasteiger partial charge in [0.05, 0.1) is 11.6 Å². The number of ketones is 1. The number of nitrogens with two attached hydrogens (primary N) is 1. The van der Waals surface area contributed by atoms with E-state index >= 15 is 0 Å². The van der Waals surface area contributed by atoms with E-state index in [1.807, 2.05) is 0 Å². The van der Waals surface area contributed by atoms with Crippen LogP contribution in [0, 0.1) is 11.3 Å². The van der Waals surface area contributed by atoms with Crippen LogP contribution in [-0.2, 0) is 23.6 Å². The van der Waals surface area contributed by atoms with Crippen LogP contribution >= 0.6 is 0 Å². The van der Waals surface area contributed by atoms with Crippen molar-refractivity contribution in [2.24, 2.45) is 14.1 Å². The van der Waals surface area contributed by atoms with Gasteiger partial charge in [-0.2, -0.15) is 5.26 Å². The average molecular weight is 399 g/mol. The summed E-state index contributed by atoms with van der Waals surface area (Å²) in [6.45, 7) is -0.753. The zero-order chi connectivity index (χ0) is 21.7. The molecule has 0 radical (unpaired) electrons. The third-order valence-corrected chi connectivity index (χ3v) is 3.97. The number of nitrogen functional groups attached to an aromatic ring is 1. The van der Waals surface area contributed by atoms with Crippen molar-refractivity contribution in [3.05, 3.63) is 56.2 Å². The van der Waals surface area contributed by atoms with Crippen LogP contribution in [-0.4, -0.2) is 33.4 Å². The highest BCUT2D eigenvalue weighted by molar-refractivity contribution is 6.02. The molecule has 0 saturated heterocycles. The van der Waals surface area contributed by atoms with Crippen molar-refractivity contribution in [3.8, 4) is 6.07 Å². The Morgan fingerprint density at radius 3 is 2.34 bits per heavy atom. The Hall–Kier alpha value is -4.20. The minimum absolute atomic E-state index is 0.0948. The zero-order valence-electron chi connectivity index (χ0n) is 15.6. The maximum Gasteiger partial charge on any atom is 0.338 e. The molecule has 1 aromatic carbocycles. The van der Waals surface area contributed by atoms with Gasteiger partial charge in [0.2, 0.25) is 11.7 Å². The summed E-state index contributed by atoms with van der Waals surface area (Å²) in [4.78, 5) is 59.7. The number of nitrogens with zero attached hydrogens (tertiary/aromatic N) is 3. The van der Waals surface area contributed by atoms with Crippen molar-refractivity contribution in [1.82, 2.24) is 9.13 Å². The van der Waals surface area contributed by atoms with Gasteiger partial charge in [-0.3, -0.25) is 23.5 Å². The highest BCUT2D eigenvalue weighted by atomic mass is 16.5. The fourth-order valence-electron chi connectivity index (χ4n) is 2.38. The van der Waals surface area contributed by atoms with E-state index in [1.54, 1.807) is 6.07 Å². The van der Waals surface area contributed by atoms with Crippen LogP contribution in [0.25, 0.3) is 0 Å². The molecular formula is C18H17N5O6. The number of carbonyl (C=O) groups excluding carboxylic acids is 3. The molecule has 3 N–H and O–H groups in total. The van der Waals surface area contributed by atoms with Gasteiger partial charge >= 0.3 is 11.7 Å². The number of carbonyl (C=O) groups is 3. The van der Waals surface area contributed by atoms with E-state index < -0.39 is 41.1 Å². The Balaban J connectivity index is 2.09. The Labute approximate surface area is 163 Å². The number of nitrogens with one attached hydrogen (secondary N) is 1. The summed E-state index contributed by atoms with van der Waals surface area (Å²) >= 11 is 0. The van der Waals surface area contributed by atoms with Gasteiger partial charge in [0.15, 0.2) is 6.61 Å². The predicted molar refractivity (Wildman–Crippen MR) is 101 cm³/mol. The van der Waals surface area contributed by atoms with Crippen LogP contribution in [0.5, 0.6) is 0 Å². The summed E-state index contributed by atoms with van der Waals surface area (Å²) < 4.78 is 6.58. The third-order valence-electron chi connectivity index (χ3n) is 3.97. The van der Waals surface area contributed by atoms with Crippen molar-refractivity contribution < 1.29 is 19.1 Å². The van der Waals surface area contributed by atoms with Crippen LogP contribution in [0.1, 0.15) is 27.1 Å². The summed E-state index contributed by atoms with van der Waals surface area (Å²) in [5.41, 5.74) is 4.13. The fourth-order valence-corrected chi connectivity index (χ4v) is 2.38. The lowest BCUT2D eigenvalue weighted by Crippen LogP contribution is -2.42. The summed E-state index contributed by atoms with van der Waals surface area (Å²) in [6, 6.07) is 7.27. The van der Waals surface area contributed by atoms with E-state index in [4.69, 9.17) is 15.7 Å². The monoisotopic (exact) mass is 399 g/mol. The summed E-state index contributed by atoms with van der Waals surface area (Å²) in [5, 5.41) is 10.9. The van der Waals surface area contributed by atoms with Crippen molar-refractivity contribution in [2.45, 2.75) is 6.42 Å². The van der Waals surface area contributed by atoms with Gasteiger partial charge in [0.25, 0.3) is 5.56 Å². The number of nitriles is 1. The van der Waals surface area contributed by atoms with E-state index in [-0.39, 0.29) is 17.8 Å². The van der Waals surface area contributed by atoms with E-state index in [0.717, 1.165) is 9.13 Å². The lowest BCUT2D eigenvalue weighted by molar-refractivity contribution is -0.115. The number of hydrogen-bond donors (Lipinski definition) is 2. The van der Waals surface area contributed by atoms with Crippen LogP contribution in [0.4, 0.5) is 11.5 Å². The number of amides is 1. The van der Waals surface area contributed by atoms with Gasteiger partial charge in [-0.1, -0.05) is 0 Å². The molecule has 0 saturated carbocycles. The van der Waals surface area contributed by atoms with E-state index in [0.29, 0.717) is 5.69 Å². The molecular weight excluding hydrogens is 382 g/mol. The van der Waals surface area contributed by atoms with Crippen molar-refractivity contribution >= 4 is 29.2 Å². The molecule has 2 aromatic rings. The first-order valence-corrected chi connectivity index (χ1v) is 8.20. The number of esters is 1.